The first-order chi connectivity index (χ1) is 9.29. The molecule has 19 heavy (non-hydrogen) atoms. The van der Waals surface area contributed by atoms with Crippen LogP contribution in [0.1, 0.15) is 23.8 Å². The molecule has 1 saturated heterocycles. The minimum absolute atomic E-state index is 0.114. The highest BCUT2D eigenvalue weighted by Crippen LogP contribution is 2.26. The van der Waals surface area contributed by atoms with Gasteiger partial charge in [0.2, 0.25) is 5.91 Å². The van der Waals surface area contributed by atoms with Gasteiger partial charge < -0.3 is 19.4 Å². The summed E-state index contributed by atoms with van der Waals surface area (Å²) in [7, 11) is 1.80. The Hall–Kier alpha value is -1.33. The zero-order valence-corrected chi connectivity index (χ0v) is 11.2. The Labute approximate surface area is 112 Å². The minimum atomic E-state index is -0.352. The monoisotopic (exact) mass is 264 g/mol. The summed E-state index contributed by atoms with van der Waals surface area (Å²) >= 11 is 0. The molecule has 5 nitrogen and oxygen atoms in total. The average molecular weight is 264 g/mol. The third-order valence-corrected chi connectivity index (χ3v) is 4.04. The van der Waals surface area contributed by atoms with Crippen molar-refractivity contribution in [3.8, 4) is 0 Å². The fourth-order valence-electron chi connectivity index (χ4n) is 2.94. The summed E-state index contributed by atoms with van der Waals surface area (Å²) in [6, 6.07) is 1.62. The predicted molar refractivity (Wildman–Crippen MR) is 69.7 cm³/mol. The molecule has 0 saturated carbocycles. The summed E-state index contributed by atoms with van der Waals surface area (Å²) < 4.78 is 10.9. The molecular weight excluding hydrogens is 244 g/mol. The summed E-state index contributed by atoms with van der Waals surface area (Å²) in [5.41, 5.74) is 1.14. The van der Waals surface area contributed by atoms with Gasteiger partial charge in [0.05, 0.1) is 12.9 Å². The maximum Gasteiger partial charge on any atom is 0.247 e. The molecule has 0 radical (unpaired) electrons. The topological polar surface area (TPSA) is 54.7 Å². The van der Waals surface area contributed by atoms with E-state index in [1.54, 1.807) is 13.3 Å². The van der Waals surface area contributed by atoms with Crippen molar-refractivity contribution in [2.75, 3.05) is 33.4 Å². The van der Waals surface area contributed by atoms with Crippen LogP contribution in [0.15, 0.2) is 16.7 Å². The Bertz CT molecular complexity index is 451. The quantitative estimate of drug-likeness (QED) is 0.883. The molecule has 2 unspecified atom stereocenters. The maximum absolute atomic E-state index is 12.6. The van der Waals surface area contributed by atoms with Gasteiger partial charge in [0.15, 0.2) is 0 Å². The fourth-order valence-corrected chi connectivity index (χ4v) is 2.94. The van der Waals surface area contributed by atoms with Crippen molar-refractivity contribution < 1.29 is 13.9 Å². The van der Waals surface area contributed by atoms with Gasteiger partial charge in [-0.1, -0.05) is 0 Å². The van der Waals surface area contributed by atoms with E-state index in [4.69, 9.17) is 9.15 Å². The van der Waals surface area contributed by atoms with Gasteiger partial charge in [-0.3, -0.25) is 4.79 Å². The van der Waals surface area contributed by atoms with E-state index in [2.05, 4.69) is 5.32 Å². The Morgan fingerprint density at radius 2 is 2.42 bits per heavy atom. The SMILES string of the molecule is CNC1C(=O)N(CC2CCOC2)CCc2ccoc21. The van der Waals surface area contributed by atoms with E-state index in [0.29, 0.717) is 5.92 Å². The Morgan fingerprint density at radius 1 is 1.53 bits per heavy atom. The third kappa shape index (κ3) is 2.40. The van der Waals surface area contributed by atoms with E-state index in [1.807, 2.05) is 11.0 Å². The zero-order chi connectivity index (χ0) is 13.2. The van der Waals surface area contributed by atoms with E-state index < -0.39 is 0 Å². The van der Waals surface area contributed by atoms with Gasteiger partial charge in [0.1, 0.15) is 11.8 Å². The summed E-state index contributed by atoms with van der Waals surface area (Å²) in [4.78, 5) is 14.5. The first kappa shape index (κ1) is 12.7. The number of furan rings is 1. The smallest absolute Gasteiger partial charge is 0.247 e. The van der Waals surface area contributed by atoms with Gasteiger partial charge in [0, 0.05) is 25.6 Å². The second kappa shape index (κ2) is 5.35. The average Bonchev–Trinajstić information content (AvgIpc) is 3.04. The highest BCUT2D eigenvalue weighted by Gasteiger charge is 2.33. The summed E-state index contributed by atoms with van der Waals surface area (Å²) in [6.45, 7) is 3.15. The van der Waals surface area contributed by atoms with Gasteiger partial charge in [0.25, 0.3) is 0 Å². The van der Waals surface area contributed by atoms with Crippen molar-refractivity contribution in [3.63, 3.8) is 0 Å². The molecule has 0 bridgehead atoms. The first-order valence-electron chi connectivity index (χ1n) is 6.89. The molecule has 5 heteroatoms. The molecular formula is C14H20N2O3. The van der Waals surface area contributed by atoms with E-state index in [9.17, 15) is 4.79 Å². The minimum Gasteiger partial charge on any atom is -0.467 e. The second-order valence-corrected chi connectivity index (χ2v) is 5.30. The number of carbonyl (C=O) groups excluding carboxylic acids is 1. The van der Waals surface area contributed by atoms with Gasteiger partial charge in [-0.2, -0.15) is 0 Å². The number of fused-ring (bicyclic) bond motifs is 1. The molecule has 2 atom stereocenters. The zero-order valence-electron chi connectivity index (χ0n) is 11.2. The van der Waals surface area contributed by atoms with E-state index in [-0.39, 0.29) is 11.9 Å². The van der Waals surface area contributed by atoms with Crippen LogP contribution in [0, 0.1) is 5.92 Å². The number of hydrogen-bond acceptors (Lipinski definition) is 4. The molecule has 3 heterocycles. The van der Waals surface area contributed by atoms with Crippen molar-refractivity contribution in [2.45, 2.75) is 18.9 Å². The molecule has 2 aliphatic heterocycles. The number of rotatable bonds is 3. The molecule has 0 aromatic carbocycles. The highest BCUT2D eigenvalue weighted by molar-refractivity contribution is 5.83. The van der Waals surface area contributed by atoms with Crippen LogP contribution in [-0.4, -0.2) is 44.2 Å². The normalized spacial score (nSPS) is 27.4. The van der Waals surface area contributed by atoms with Gasteiger partial charge in [-0.15, -0.1) is 0 Å². The van der Waals surface area contributed by atoms with Gasteiger partial charge in [-0.25, -0.2) is 0 Å². The van der Waals surface area contributed by atoms with Crippen molar-refractivity contribution >= 4 is 5.91 Å². The maximum atomic E-state index is 12.6. The lowest BCUT2D eigenvalue weighted by Crippen LogP contribution is -2.41. The van der Waals surface area contributed by atoms with Crippen molar-refractivity contribution in [1.82, 2.24) is 10.2 Å². The van der Waals surface area contributed by atoms with Gasteiger partial charge in [-0.05, 0) is 31.5 Å². The van der Waals surface area contributed by atoms with Crippen LogP contribution in [-0.2, 0) is 16.0 Å². The van der Waals surface area contributed by atoms with Crippen LogP contribution in [0.3, 0.4) is 0 Å². The molecule has 1 fully saturated rings. The van der Waals surface area contributed by atoms with Gasteiger partial charge >= 0.3 is 0 Å². The Balaban J connectivity index is 1.77. The number of hydrogen-bond donors (Lipinski definition) is 1. The molecule has 1 amide bonds. The highest BCUT2D eigenvalue weighted by atomic mass is 16.5. The number of nitrogens with one attached hydrogen (secondary N) is 1. The summed E-state index contributed by atoms with van der Waals surface area (Å²) in [6.07, 6.45) is 3.59. The van der Waals surface area contributed by atoms with Crippen LogP contribution < -0.4 is 5.32 Å². The molecule has 3 rings (SSSR count). The first-order valence-corrected chi connectivity index (χ1v) is 6.89. The lowest BCUT2D eigenvalue weighted by atomic mass is 10.1. The molecule has 104 valence electrons. The Kier molecular flexibility index (Phi) is 3.57. The number of ether oxygens (including phenoxy) is 1. The predicted octanol–water partition coefficient (Wildman–Crippen LogP) is 0.961. The molecule has 0 aliphatic carbocycles. The summed E-state index contributed by atoms with van der Waals surface area (Å²) in [5.74, 6) is 1.37. The number of amides is 1. The second-order valence-electron chi connectivity index (χ2n) is 5.30. The number of likely N-dealkylation sites (N-methyl/N-ethyl adjacent to an activating group) is 1. The largest absolute Gasteiger partial charge is 0.467 e. The van der Waals surface area contributed by atoms with E-state index >= 15 is 0 Å². The van der Waals surface area contributed by atoms with Crippen molar-refractivity contribution in [3.05, 3.63) is 23.7 Å². The van der Waals surface area contributed by atoms with E-state index in [0.717, 1.165) is 50.5 Å². The number of nitrogens with zero attached hydrogens (tertiary/aromatic N) is 1. The van der Waals surface area contributed by atoms with Crippen LogP contribution in [0.2, 0.25) is 0 Å². The van der Waals surface area contributed by atoms with E-state index in [1.165, 1.54) is 0 Å². The van der Waals surface area contributed by atoms with Crippen molar-refractivity contribution in [1.29, 1.82) is 0 Å². The van der Waals surface area contributed by atoms with Crippen LogP contribution in [0.5, 0.6) is 0 Å². The van der Waals surface area contributed by atoms with Crippen LogP contribution in [0.4, 0.5) is 0 Å². The fraction of sp³-hybridized carbons (Fsp3) is 0.643. The summed E-state index contributed by atoms with van der Waals surface area (Å²) in [5, 5.41) is 3.07. The lowest BCUT2D eigenvalue weighted by Gasteiger charge is -2.26. The molecule has 1 aromatic heterocycles. The molecule has 1 aromatic rings. The molecule has 1 N–H and O–H groups in total. The molecule has 0 spiro atoms. The molecule has 2 aliphatic rings. The lowest BCUT2D eigenvalue weighted by molar-refractivity contribution is -0.134. The Morgan fingerprint density at radius 3 is 3.16 bits per heavy atom. The third-order valence-electron chi connectivity index (χ3n) is 4.04. The standard InChI is InChI=1S/C14H20N2O3/c1-15-12-13-11(4-7-19-13)2-5-16(14(12)17)8-10-3-6-18-9-10/h4,7,10,12,15H,2-3,5-6,8-9H2,1H3. The number of carbonyl (C=O) groups is 1. The van der Waals surface area contributed by atoms with Crippen molar-refractivity contribution in [2.24, 2.45) is 5.92 Å². The van der Waals surface area contributed by atoms with Crippen LogP contribution in [0.25, 0.3) is 0 Å². The van der Waals surface area contributed by atoms with Crippen LogP contribution >= 0.6 is 0 Å².